The van der Waals surface area contributed by atoms with Crippen molar-refractivity contribution in [3.05, 3.63) is 99.3 Å². The Bertz CT molecular complexity index is 985. The molecular formula is C24H23Br2NO. The smallest absolute Gasteiger partial charge is 0.183 e. The molecule has 1 aliphatic rings. The first-order valence-corrected chi connectivity index (χ1v) is 10.2. The number of carbonyl (C=O) groups excluding carboxylic acids is 1. The molecule has 0 N–H and O–H groups in total. The number of pyridine rings is 1. The predicted octanol–water partition coefficient (Wildman–Crippen LogP) is 2.09. The molecule has 4 heteroatoms. The lowest BCUT2D eigenvalue weighted by molar-refractivity contribution is -0.689. The van der Waals surface area contributed by atoms with E-state index in [0.29, 0.717) is 5.78 Å². The zero-order valence-electron chi connectivity index (χ0n) is 15.9. The molecule has 0 bridgehead atoms. The molecule has 0 aliphatic heterocycles. The predicted molar refractivity (Wildman–Crippen MR) is 111 cm³/mol. The van der Waals surface area contributed by atoms with Gasteiger partial charge in [0.05, 0.1) is 4.47 Å². The van der Waals surface area contributed by atoms with Crippen molar-refractivity contribution in [3.63, 3.8) is 0 Å². The van der Waals surface area contributed by atoms with Gasteiger partial charge in [-0.25, -0.2) is 0 Å². The molecule has 3 aromatic rings. The van der Waals surface area contributed by atoms with Crippen LogP contribution in [0.1, 0.15) is 39.0 Å². The van der Waals surface area contributed by atoms with Crippen molar-refractivity contribution < 1.29 is 26.3 Å². The fraction of sp³-hybridized carbons (Fsp3) is 0.250. The second-order valence-electron chi connectivity index (χ2n) is 7.44. The average molecular weight is 501 g/mol. The highest BCUT2D eigenvalue weighted by Gasteiger charge is 2.28. The molecule has 2 nitrogen and oxygen atoms in total. The molecule has 1 atom stereocenters. The Kier molecular flexibility index (Phi) is 6.84. The van der Waals surface area contributed by atoms with E-state index in [1.165, 1.54) is 22.3 Å². The normalized spacial score (nSPS) is 15.6. The van der Waals surface area contributed by atoms with Crippen LogP contribution in [0, 0.1) is 12.8 Å². The Morgan fingerprint density at radius 3 is 2.64 bits per heavy atom. The lowest BCUT2D eigenvalue weighted by Gasteiger charge is -2.24. The second-order valence-corrected chi connectivity index (χ2v) is 8.29. The number of halogens is 2. The number of benzene rings is 2. The molecule has 4 rings (SSSR count). The quantitative estimate of drug-likeness (QED) is 0.502. The minimum absolute atomic E-state index is 0. The SMILES string of the molecule is Cc1ccc2c(c1)CCC(Cc1cc[n+](Cc3ccccc3)cc1Br)C2=O.[Br-]. The lowest BCUT2D eigenvalue weighted by atomic mass is 9.79. The molecule has 0 radical (unpaired) electrons. The van der Waals surface area contributed by atoms with Crippen molar-refractivity contribution in [1.29, 1.82) is 0 Å². The Labute approximate surface area is 185 Å². The number of ketones is 1. The fourth-order valence-electron chi connectivity index (χ4n) is 3.91. The zero-order valence-corrected chi connectivity index (χ0v) is 19.0. The van der Waals surface area contributed by atoms with Crippen molar-refractivity contribution in [3.8, 4) is 0 Å². The molecule has 2 aromatic carbocycles. The summed E-state index contributed by atoms with van der Waals surface area (Å²) < 4.78 is 3.24. The van der Waals surface area contributed by atoms with Crippen LogP contribution in [-0.2, 0) is 19.4 Å². The largest absolute Gasteiger partial charge is 1.00 e. The van der Waals surface area contributed by atoms with E-state index in [2.05, 4.69) is 76.2 Å². The molecule has 0 saturated carbocycles. The maximum Gasteiger partial charge on any atom is 0.183 e. The number of rotatable bonds is 4. The summed E-state index contributed by atoms with van der Waals surface area (Å²) in [7, 11) is 0. The van der Waals surface area contributed by atoms with Gasteiger partial charge in [-0.3, -0.25) is 4.79 Å². The molecule has 0 spiro atoms. The number of aromatic nitrogens is 1. The lowest BCUT2D eigenvalue weighted by Crippen LogP contribution is -3.00. The van der Waals surface area contributed by atoms with Crippen molar-refractivity contribution in [2.45, 2.75) is 32.7 Å². The number of nitrogens with zero attached hydrogens (tertiary/aromatic N) is 1. The van der Waals surface area contributed by atoms with Gasteiger partial charge in [-0.05, 0) is 53.2 Å². The number of hydrogen-bond donors (Lipinski definition) is 0. The third-order valence-corrected chi connectivity index (χ3v) is 6.10. The van der Waals surface area contributed by atoms with Gasteiger partial charge < -0.3 is 17.0 Å². The Morgan fingerprint density at radius 2 is 1.89 bits per heavy atom. The summed E-state index contributed by atoms with van der Waals surface area (Å²) >= 11 is 3.72. The topological polar surface area (TPSA) is 20.9 Å². The minimum Gasteiger partial charge on any atom is -1.00 e. The molecular weight excluding hydrogens is 478 g/mol. The first-order valence-electron chi connectivity index (χ1n) is 9.45. The Hall–Kier alpha value is -1.78. The molecule has 28 heavy (non-hydrogen) atoms. The van der Waals surface area contributed by atoms with Gasteiger partial charge in [0, 0.05) is 23.1 Å². The van der Waals surface area contributed by atoms with Crippen molar-refractivity contribution in [2.75, 3.05) is 0 Å². The standard InChI is InChI=1S/C24H23BrNO.BrH/c1-17-7-10-22-19(13-17)8-9-21(24(22)27)14-20-11-12-26(16-23(20)25)15-18-5-3-2-4-6-18;/h2-7,10-13,16,21H,8-9,14-15H2,1H3;1H/q+1;/p-1. The zero-order chi connectivity index (χ0) is 18.8. The highest BCUT2D eigenvalue weighted by molar-refractivity contribution is 9.10. The summed E-state index contributed by atoms with van der Waals surface area (Å²) in [5.74, 6) is 0.366. The van der Waals surface area contributed by atoms with Crippen molar-refractivity contribution >= 4 is 21.7 Å². The summed E-state index contributed by atoms with van der Waals surface area (Å²) in [6, 6.07) is 18.8. The van der Waals surface area contributed by atoms with Crippen LogP contribution in [-0.4, -0.2) is 5.78 Å². The van der Waals surface area contributed by atoms with E-state index in [9.17, 15) is 4.79 Å². The monoisotopic (exact) mass is 499 g/mol. The highest BCUT2D eigenvalue weighted by atomic mass is 79.9. The molecule has 144 valence electrons. The molecule has 0 saturated heterocycles. The first kappa shape index (κ1) is 20.9. The number of Topliss-reactive ketones (excluding diaryl/α,β-unsaturated/α-hetero) is 1. The minimum atomic E-state index is 0. The summed E-state index contributed by atoms with van der Waals surface area (Å²) in [5.41, 5.74) is 5.84. The van der Waals surface area contributed by atoms with E-state index in [1.807, 2.05) is 18.2 Å². The highest BCUT2D eigenvalue weighted by Crippen LogP contribution is 2.30. The maximum atomic E-state index is 12.9. The van der Waals surface area contributed by atoms with Gasteiger partial charge in [0.2, 0.25) is 0 Å². The van der Waals surface area contributed by atoms with E-state index in [-0.39, 0.29) is 22.9 Å². The van der Waals surface area contributed by atoms with Crippen LogP contribution in [0.5, 0.6) is 0 Å². The first-order chi connectivity index (χ1) is 13.1. The second kappa shape index (κ2) is 9.15. The van der Waals surface area contributed by atoms with E-state index < -0.39 is 0 Å². The maximum absolute atomic E-state index is 12.9. The molecule has 1 heterocycles. The Morgan fingerprint density at radius 1 is 1.11 bits per heavy atom. The van der Waals surface area contributed by atoms with E-state index >= 15 is 0 Å². The van der Waals surface area contributed by atoms with Gasteiger partial charge in [0.1, 0.15) is 0 Å². The molecule has 1 unspecified atom stereocenters. The van der Waals surface area contributed by atoms with Crippen LogP contribution in [0.25, 0.3) is 0 Å². The van der Waals surface area contributed by atoms with Gasteiger partial charge >= 0.3 is 0 Å². The molecule has 1 aromatic heterocycles. The van der Waals surface area contributed by atoms with Gasteiger partial charge in [-0.15, -0.1) is 0 Å². The van der Waals surface area contributed by atoms with Crippen LogP contribution < -0.4 is 21.5 Å². The average Bonchev–Trinajstić information content (AvgIpc) is 2.66. The molecule has 0 fully saturated rings. The van der Waals surface area contributed by atoms with Gasteiger partial charge in [-0.1, -0.05) is 54.1 Å². The van der Waals surface area contributed by atoms with Crippen LogP contribution >= 0.6 is 15.9 Å². The fourth-order valence-corrected chi connectivity index (χ4v) is 4.46. The van der Waals surface area contributed by atoms with Gasteiger partial charge in [-0.2, -0.15) is 4.57 Å². The van der Waals surface area contributed by atoms with Crippen LogP contribution in [0.2, 0.25) is 0 Å². The third-order valence-electron chi connectivity index (χ3n) is 5.39. The van der Waals surface area contributed by atoms with Crippen LogP contribution in [0.15, 0.2) is 71.5 Å². The van der Waals surface area contributed by atoms with Gasteiger partial charge in [0.25, 0.3) is 0 Å². The summed E-state index contributed by atoms with van der Waals surface area (Å²) in [6.07, 6.45) is 6.94. The third kappa shape index (κ3) is 4.61. The van der Waals surface area contributed by atoms with Crippen molar-refractivity contribution in [1.82, 2.24) is 0 Å². The molecule has 1 aliphatic carbocycles. The van der Waals surface area contributed by atoms with Gasteiger partial charge in [0.15, 0.2) is 24.7 Å². The summed E-state index contributed by atoms with van der Waals surface area (Å²) in [4.78, 5) is 12.9. The number of hydrogen-bond acceptors (Lipinski definition) is 1. The van der Waals surface area contributed by atoms with E-state index in [4.69, 9.17) is 0 Å². The molecule has 0 amide bonds. The summed E-state index contributed by atoms with van der Waals surface area (Å²) in [5, 5.41) is 0. The van der Waals surface area contributed by atoms with E-state index in [0.717, 1.165) is 35.8 Å². The number of aryl methyl sites for hydroxylation is 2. The number of fused-ring (bicyclic) bond motifs is 1. The van der Waals surface area contributed by atoms with E-state index in [1.54, 1.807) is 0 Å². The number of carbonyl (C=O) groups is 1. The van der Waals surface area contributed by atoms with Crippen molar-refractivity contribution in [2.24, 2.45) is 5.92 Å². The summed E-state index contributed by atoms with van der Waals surface area (Å²) in [6.45, 7) is 2.93. The van der Waals surface area contributed by atoms with Crippen LogP contribution in [0.4, 0.5) is 0 Å². The Balaban J connectivity index is 0.00000225. The van der Waals surface area contributed by atoms with Crippen LogP contribution in [0.3, 0.4) is 0 Å².